The summed E-state index contributed by atoms with van der Waals surface area (Å²) in [7, 11) is 5.45. The third-order valence-electron chi connectivity index (χ3n) is 6.14. The third kappa shape index (κ3) is 6.52. The number of benzene rings is 2. The van der Waals surface area contributed by atoms with Gasteiger partial charge in [-0.25, -0.2) is 4.39 Å². The van der Waals surface area contributed by atoms with E-state index in [4.69, 9.17) is 11.5 Å². The van der Waals surface area contributed by atoms with Crippen LogP contribution in [-0.2, 0) is 6.18 Å². The lowest BCUT2D eigenvalue weighted by molar-refractivity contribution is -0.137. The third-order valence-corrected chi connectivity index (χ3v) is 6.14. The number of amidine groups is 1. The maximum atomic E-state index is 13.4. The smallest absolute Gasteiger partial charge is 0.385 e. The number of nitrogens with zero attached hydrogens (tertiary/aromatic N) is 4. The first-order valence-corrected chi connectivity index (χ1v) is 11.3. The summed E-state index contributed by atoms with van der Waals surface area (Å²) in [4.78, 5) is 10.4. The van der Waals surface area contributed by atoms with Gasteiger partial charge in [0.2, 0.25) is 0 Å². The van der Waals surface area contributed by atoms with E-state index in [1.54, 1.807) is 31.3 Å². The number of hydrogen-bond donors (Lipinski definition) is 2. The van der Waals surface area contributed by atoms with Gasteiger partial charge in [-0.3, -0.25) is 9.89 Å². The minimum atomic E-state index is -4.36. The molecule has 4 N–H and O–H groups in total. The van der Waals surface area contributed by atoms with E-state index in [0.717, 1.165) is 17.7 Å². The first-order chi connectivity index (χ1) is 16.5. The lowest BCUT2D eigenvalue weighted by Crippen LogP contribution is -2.50. The molecular formula is C25H32F4N6. The Morgan fingerprint density at radius 2 is 1.54 bits per heavy atom. The molecule has 35 heavy (non-hydrogen) atoms. The molecule has 0 bridgehead atoms. The van der Waals surface area contributed by atoms with Gasteiger partial charge in [0, 0.05) is 45.8 Å². The average Bonchev–Trinajstić information content (AvgIpc) is 2.83. The van der Waals surface area contributed by atoms with Crippen LogP contribution in [-0.4, -0.2) is 74.4 Å². The summed E-state index contributed by atoms with van der Waals surface area (Å²) in [6.07, 6.45) is -4.36. The molecule has 10 heteroatoms. The zero-order valence-electron chi connectivity index (χ0n) is 20.2. The van der Waals surface area contributed by atoms with E-state index >= 15 is 0 Å². The molecule has 1 aliphatic heterocycles. The summed E-state index contributed by atoms with van der Waals surface area (Å²) in [5, 5.41) is 0. The van der Waals surface area contributed by atoms with Gasteiger partial charge in [0.1, 0.15) is 17.5 Å². The van der Waals surface area contributed by atoms with Crippen molar-refractivity contribution < 1.29 is 17.6 Å². The first kappa shape index (κ1) is 26.5. The van der Waals surface area contributed by atoms with Crippen LogP contribution in [0.2, 0.25) is 0 Å². The SMILES string of the molecule is CN=C(N)C(=C(N)N1CCN(C(CN(C)C)c2ccc(C(F)(F)F)cc2)CC1)c1ccc(F)cc1. The largest absolute Gasteiger partial charge is 0.416 e. The number of piperazine rings is 1. The Labute approximate surface area is 203 Å². The number of likely N-dealkylation sites (N-methyl/N-ethyl adjacent to an activating group) is 1. The molecule has 1 saturated heterocycles. The van der Waals surface area contributed by atoms with E-state index in [-0.39, 0.29) is 17.7 Å². The van der Waals surface area contributed by atoms with Crippen LogP contribution in [0.4, 0.5) is 17.6 Å². The van der Waals surface area contributed by atoms with Gasteiger partial charge in [-0.1, -0.05) is 24.3 Å². The van der Waals surface area contributed by atoms with Crippen LogP contribution in [0.25, 0.3) is 5.57 Å². The molecule has 1 aliphatic rings. The highest BCUT2D eigenvalue weighted by atomic mass is 19.4. The highest BCUT2D eigenvalue weighted by Crippen LogP contribution is 2.31. The average molecular weight is 493 g/mol. The van der Waals surface area contributed by atoms with Crippen molar-refractivity contribution in [3.8, 4) is 0 Å². The summed E-state index contributed by atoms with van der Waals surface area (Å²) in [5.74, 6) is 0.354. The molecule has 6 nitrogen and oxygen atoms in total. The summed E-state index contributed by atoms with van der Waals surface area (Å²) >= 11 is 0. The predicted molar refractivity (Wildman–Crippen MR) is 131 cm³/mol. The second-order valence-electron chi connectivity index (χ2n) is 8.80. The maximum absolute atomic E-state index is 13.4. The summed E-state index contributed by atoms with van der Waals surface area (Å²) in [6.45, 7) is 3.16. The van der Waals surface area contributed by atoms with Gasteiger partial charge in [-0.15, -0.1) is 0 Å². The van der Waals surface area contributed by atoms with Gasteiger partial charge in [-0.2, -0.15) is 13.2 Å². The molecule has 2 aromatic carbocycles. The van der Waals surface area contributed by atoms with Crippen LogP contribution in [0.1, 0.15) is 22.7 Å². The second-order valence-corrected chi connectivity index (χ2v) is 8.80. The van der Waals surface area contributed by atoms with E-state index < -0.39 is 11.7 Å². The standard InChI is InChI=1S/C25H32F4N6/c1-32-23(30)22(18-6-10-20(26)11-7-18)24(31)35-14-12-34(13-15-35)21(16-33(2)3)17-4-8-19(9-5-17)25(27,28)29/h4-11,21H,12-16,31H2,1-3H3,(H2,30,32). The Bertz CT molecular complexity index is 1040. The molecule has 0 radical (unpaired) electrons. The molecule has 2 aromatic rings. The first-order valence-electron chi connectivity index (χ1n) is 11.3. The molecule has 0 spiro atoms. The Morgan fingerprint density at radius 3 is 2.03 bits per heavy atom. The molecule has 0 aliphatic carbocycles. The van der Waals surface area contributed by atoms with Gasteiger partial charge < -0.3 is 21.3 Å². The van der Waals surface area contributed by atoms with Crippen LogP contribution in [0, 0.1) is 5.82 Å². The highest BCUT2D eigenvalue weighted by molar-refractivity contribution is 6.22. The summed E-state index contributed by atoms with van der Waals surface area (Å²) < 4.78 is 52.5. The van der Waals surface area contributed by atoms with E-state index in [9.17, 15) is 17.6 Å². The number of hydrogen-bond acceptors (Lipinski definition) is 5. The van der Waals surface area contributed by atoms with Crippen molar-refractivity contribution >= 4 is 11.4 Å². The number of nitrogens with two attached hydrogens (primary N) is 2. The predicted octanol–water partition coefficient (Wildman–Crippen LogP) is 3.38. The summed E-state index contributed by atoms with van der Waals surface area (Å²) in [6, 6.07) is 11.2. The lowest BCUT2D eigenvalue weighted by Gasteiger charge is -2.41. The number of rotatable bonds is 7. The van der Waals surface area contributed by atoms with Crippen molar-refractivity contribution in [2.75, 3.05) is 53.9 Å². The zero-order chi connectivity index (χ0) is 25.8. The fourth-order valence-corrected chi connectivity index (χ4v) is 4.26. The quantitative estimate of drug-likeness (QED) is 0.352. The molecular weight excluding hydrogens is 460 g/mol. The molecule has 0 amide bonds. The van der Waals surface area contributed by atoms with E-state index in [0.29, 0.717) is 49.7 Å². The van der Waals surface area contributed by atoms with Crippen LogP contribution < -0.4 is 11.5 Å². The molecule has 190 valence electrons. The van der Waals surface area contributed by atoms with E-state index in [1.807, 2.05) is 23.9 Å². The van der Waals surface area contributed by atoms with Crippen molar-refractivity contribution in [3.05, 3.63) is 76.9 Å². The minimum Gasteiger partial charge on any atom is -0.385 e. The maximum Gasteiger partial charge on any atom is 0.416 e. The van der Waals surface area contributed by atoms with E-state index in [2.05, 4.69) is 9.89 Å². The number of aliphatic imine (C=N–C) groups is 1. The monoisotopic (exact) mass is 492 g/mol. The fraction of sp³-hybridized carbons (Fsp3) is 0.400. The summed E-state index contributed by atoms with van der Waals surface area (Å²) in [5.41, 5.74) is 14.1. The van der Waals surface area contributed by atoms with Crippen molar-refractivity contribution in [2.45, 2.75) is 12.2 Å². The van der Waals surface area contributed by atoms with Crippen LogP contribution >= 0.6 is 0 Å². The molecule has 0 aromatic heterocycles. The number of halogens is 4. The molecule has 3 rings (SSSR count). The van der Waals surface area contributed by atoms with Crippen LogP contribution in [0.3, 0.4) is 0 Å². The van der Waals surface area contributed by atoms with Gasteiger partial charge in [0.05, 0.1) is 11.1 Å². The lowest BCUT2D eigenvalue weighted by atomic mass is 10.0. The minimum absolute atomic E-state index is 0.0709. The van der Waals surface area contributed by atoms with E-state index in [1.165, 1.54) is 12.1 Å². The van der Waals surface area contributed by atoms with Crippen molar-refractivity contribution in [1.82, 2.24) is 14.7 Å². The normalized spacial score (nSPS) is 17.5. The molecule has 1 heterocycles. The van der Waals surface area contributed by atoms with Crippen LogP contribution in [0.15, 0.2) is 59.3 Å². The topological polar surface area (TPSA) is 74.1 Å². The second kappa shape index (κ2) is 11.1. The van der Waals surface area contributed by atoms with Gasteiger partial charge >= 0.3 is 6.18 Å². The molecule has 1 atom stereocenters. The molecule has 0 saturated carbocycles. The Hall–Kier alpha value is -3.11. The van der Waals surface area contributed by atoms with Crippen molar-refractivity contribution in [2.24, 2.45) is 16.5 Å². The Balaban J connectivity index is 1.81. The number of alkyl halides is 3. The highest BCUT2D eigenvalue weighted by Gasteiger charge is 2.31. The van der Waals surface area contributed by atoms with Crippen molar-refractivity contribution in [3.63, 3.8) is 0 Å². The van der Waals surface area contributed by atoms with Crippen LogP contribution in [0.5, 0.6) is 0 Å². The van der Waals surface area contributed by atoms with Gasteiger partial charge in [0.15, 0.2) is 0 Å². The fourth-order valence-electron chi connectivity index (χ4n) is 4.26. The molecule has 1 unspecified atom stereocenters. The van der Waals surface area contributed by atoms with Gasteiger partial charge in [0.25, 0.3) is 0 Å². The van der Waals surface area contributed by atoms with Crippen molar-refractivity contribution in [1.29, 1.82) is 0 Å². The zero-order valence-corrected chi connectivity index (χ0v) is 20.2. The Kier molecular flexibility index (Phi) is 8.39. The Morgan fingerprint density at radius 1 is 0.971 bits per heavy atom. The molecule has 1 fully saturated rings. The van der Waals surface area contributed by atoms with Gasteiger partial charge in [-0.05, 0) is 49.5 Å².